The summed E-state index contributed by atoms with van der Waals surface area (Å²) in [6, 6.07) is 8.24. The Morgan fingerprint density at radius 1 is 1.29 bits per heavy atom. The van der Waals surface area contributed by atoms with E-state index in [1.54, 1.807) is 13.3 Å². The normalized spacial score (nSPS) is 9.94. The molecular weight excluding hydrogens is 212 g/mol. The number of H-pyrrole nitrogens is 1. The Labute approximate surface area is 101 Å². The summed E-state index contributed by atoms with van der Waals surface area (Å²) in [6.45, 7) is 2.11. The molecule has 1 aromatic carbocycles. The van der Waals surface area contributed by atoms with Crippen molar-refractivity contribution in [3.63, 3.8) is 0 Å². The number of methoxy groups -OCH3 is 1. The van der Waals surface area contributed by atoms with Crippen LogP contribution in [0.15, 0.2) is 30.6 Å². The summed E-state index contributed by atoms with van der Waals surface area (Å²) in [5.41, 5.74) is 3.71. The van der Waals surface area contributed by atoms with Crippen LogP contribution in [0, 0.1) is 11.3 Å². The molecule has 0 unspecified atom stereocenters. The van der Waals surface area contributed by atoms with Gasteiger partial charge in [0.2, 0.25) is 0 Å². The summed E-state index contributed by atoms with van der Waals surface area (Å²) < 4.78 is 5.34. The lowest BCUT2D eigenvalue weighted by atomic mass is 10.0. The number of aryl methyl sites for hydroxylation is 1. The second kappa shape index (κ2) is 4.75. The van der Waals surface area contributed by atoms with E-state index in [9.17, 15) is 0 Å². The zero-order valence-electron chi connectivity index (χ0n) is 9.95. The number of nitriles is 1. The molecule has 0 bridgehead atoms. The van der Waals surface area contributed by atoms with Gasteiger partial charge in [0.15, 0.2) is 0 Å². The van der Waals surface area contributed by atoms with Gasteiger partial charge in [0.25, 0.3) is 0 Å². The molecular formula is C14H14N2O. The molecule has 0 aliphatic carbocycles. The van der Waals surface area contributed by atoms with E-state index in [0.29, 0.717) is 5.56 Å². The number of aromatic amines is 1. The molecule has 0 radical (unpaired) electrons. The van der Waals surface area contributed by atoms with E-state index in [-0.39, 0.29) is 0 Å². The Hall–Kier alpha value is -2.21. The summed E-state index contributed by atoms with van der Waals surface area (Å²) in [5.74, 6) is 0.790. The van der Waals surface area contributed by atoms with Crippen LogP contribution in [-0.4, -0.2) is 12.1 Å². The second-order valence-electron chi connectivity index (χ2n) is 3.78. The molecule has 0 atom stereocenters. The summed E-state index contributed by atoms with van der Waals surface area (Å²) >= 11 is 0. The van der Waals surface area contributed by atoms with Gasteiger partial charge in [-0.3, -0.25) is 0 Å². The van der Waals surface area contributed by atoms with E-state index in [2.05, 4.69) is 24.0 Å². The van der Waals surface area contributed by atoms with Crippen LogP contribution < -0.4 is 4.74 Å². The van der Waals surface area contributed by atoms with Crippen LogP contribution in [0.5, 0.6) is 5.75 Å². The van der Waals surface area contributed by atoms with Crippen molar-refractivity contribution >= 4 is 0 Å². The molecule has 1 heterocycles. The minimum Gasteiger partial charge on any atom is -0.496 e. The lowest BCUT2D eigenvalue weighted by Gasteiger charge is -2.09. The van der Waals surface area contributed by atoms with E-state index in [1.165, 1.54) is 5.56 Å². The van der Waals surface area contributed by atoms with Crippen LogP contribution in [0.2, 0.25) is 0 Å². The average Bonchev–Trinajstić information content (AvgIpc) is 2.86. The summed E-state index contributed by atoms with van der Waals surface area (Å²) in [5, 5.41) is 9.05. The first-order chi connectivity index (χ1) is 8.30. The van der Waals surface area contributed by atoms with Crippen molar-refractivity contribution in [2.75, 3.05) is 7.11 Å². The zero-order valence-corrected chi connectivity index (χ0v) is 9.95. The lowest BCUT2D eigenvalue weighted by Crippen LogP contribution is -1.90. The summed E-state index contributed by atoms with van der Waals surface area (Å²) in [4.78, 5) is 2.96. The highest BCUT2D eigenvalue weighted by molar-refractivity contribution is 5.75. The molecule has 1 N–H and O–H groups in total. The molecule has 1 aromatic heterocycles. The molecule has 0 fully saturated rings. The third kappa shape index (κ3) is 2.02. The minimum atomic E-state index is 0.636. The second-order valence-corrected chi connectivity index (χ2v) is 3.78. The van der Waals surface area contributed by atoms with Crippen LogP contribution in [0.3, 0.4) is 0 Å². The van der Waals surface area contributed by atoms with Gasteiger partial charge in [0, 0.05) is 23.5 Å². The molecule has 0 aliphatic heterocycles. The van der Waals surface area contributed by atoms with Crippen molar-refractivity contribution in [1.82, 2.24) is 4.98 Å². The first-order valence-corrected chi connectivity index (χ1v) is 5.54. The van der Waals surface area contributed by atoms with E-state index >= 15 is 0 Å². The molecule has 0 saturated heterocycles. The summed E-state index contributed by atoms with van der Waals surface area (Å²) in [7, 11) is 1.64. The highest BCUT2D eigenvalue weighted by Crippen LogP contribution is 2.33. The number of rotatable bonds is 3. The zero-order chi connectivity index (χ0) is 12.3. The molecule has 3 heteroatoms. The largest absolute Gasteiger partial charge is 0.496 e. The molecule has 86 valence electrons. The number of hydrogen-bond acceptors (Lipinski definition) is 2. The fourth-order valence-corrected chi connectivity index (χ4v) is 1.86. The van der Waals surface area contributed by atoms with E-state index < -0.39 is 0 Å². The number of ether oxygens (including phenoxy) is 1. The lowest BCUT2D eigenvalue weighted by molar-refractivity contribution is 0.416. The maximum atomic E-state index is 9.05. The van der Waals surface area contributed by atoms with Crippen LogP contribution in [0.1, 0.15) is 18.1 Å². The Balaban J connectivity index is 2.61. The van der Waals surface area contributed by atoms with Crippen LogP contribution >= 0.6 is 0 Å². The SMILES string of the molecule is CCc1ccc(OC)c(-c2c[nH]cc2C#N)c1. The predicted octanol–water partition coefficient (Wildman–Crippen LogP) is 3.12. The number of nitrogens with zero attached hydrogens (tertiary/aromatic N) is 1. The van der Waals surface area contributed by atoms with E-state index in [4.69, 9.17) is 10.00 Å². The Morgan fingerprint density at radius 2 is 2.12 bits per heavy atom. The van der Waals surface area contributed by atoms with Gasteiger partial charge in [-0.2, -0.15) is 5.26 Å². The average molecular weight is 226 g/mol. The van der Waals surface area contributed by atoms with Gasteiger partial charge in [-0.1, -0.05) is 13.0 Å². The van der Waals surface area contributed by atoms with Gasteiger partial charge in [0.1, 0.15) is 11.8 Å². The van der Waals surface area contributed by atoms with Crippen molar-refractivity contribution in [1.29, 1.82) is 5.26 Å². The molecule has 0 amide bonds. The molecule has 2 aromatic rings. The van der Waals surface area contributed by atoms with Crippen LogP contribution in [0.25, 0.3) is 11.1 Å². The van der Waals surface area contributed by atoms with Crippen molar-refractivity contribution in [3.05, 3.63) is 41.7 Å². The first-order valence-electron chi connectivity index (χ1n) is 5.54. The fourth-order valence-electron chi connectivity index (χ4n) is 1.86. The van der Waals surface area contributed by atoms with E-state index in [1.807, 2.05) is 18.3 Å². The highest BCUT2D eigenvalue weighted by atomic mass is 16.5. The molecule has 3 nitrogen and oxygen atoms in total. The number of nitrogens with one attached hydrogen (secondary N) is 1. The minimum absolute atomic E-state index is 0.636. The molecule has 17 heavy (non-hydrogen) atoms. The standard InChI is InChI=1S/C14H14N2O/c1-3-10-4-5-14(17-2)12(6-10)13-9-16-8-11(13)7-15/h4-6,8-9,16H,3H2,1-2H3. The topological polar surface area (TPSA) is 48.8 Å². The third-order valence-corrected chi connectivity index (χ3v) is 2.83. The predicted molar refractivity (Wildman–Crippen MR) is 66.9 cm³/mol. The number of hydrogen-bond donors (Lipinski definition) is 1. The maximum Gasteiger partial charge on any atom is 0.126 e. The third-order valence-electron chi connectivity index (χ3n) is 2.83. The summed E-state index contributed by atoms with van der Waals surface area (Å²) in [6.07, 6.45) is 4.49. The van der Waals surface area contributed by atoms with Crippen LogP contribution in [-0.2, 0) is 6.42 Å². The Morgan fingerprint density at radius 3 is 2.76 bits per heavy atom. The number of aromatic nitrogens is 1. The van der Waals surface area contributed by atoms with Gasteiger partial charge in [-0.25, -0.2) is 0 Å². The van der Waals surface area contributed by atoms with Crippen molar-refractivity contribution in [2.24, 2.45) is 0 Å². The molecule has 0 saturated carbocycles. The maximum absolute atomic E-state index is 9.05. The van der Waals surface area contributed by atoms with Crippen molar-refractivity contribution in [2.45, 2.75) is 13.3 Å². The van der Waals surface area contributed by atoms with Gasteiger partial charge >= 0.3 is 0 Å². The van der Waals surface area contributed by atoms with E-state index in [0.717, 1.165) is 23.3 Å². The van der Waals surface area contributed by atoms with Gasteiger partial charge in [-0.05, 0) is 24.1 Å². The van der Waals surface area contributed by atoms with Crippen molar-refractivity contribution in [3.8, 4) is 22.9 Å². The number of benzene rings is 1. The smallest absolute Gasteiger partial charge is 0.126 e. The highest BCUT2D eigenvalue weighted by Gasteiger charge is 2.11. The molecule has 2 rings (SSSR count). The molecule has 0 spiro atoms. The Bertz CT molecular complexity index is 564. The monoisotopic (exact) mass is 226 g/mol. The quantitative estimate of drug-likeness (QED) is 0.874. The van der Waals surface area contributed by atoms with Gasteiger partial charge in [0.05, 0.1) is 12.7 Å². The first kappa shape index (κ1) is 11.3. The molecule has 0 aliphatic rings. The van der Waals surface area contributed by atoms with Crippen molar-refractivity contribution < 1.29 is 4.74 Å². The Kier molecular flexibility index (Phi) is 3.15. The fraction of sp³-hybridized carbons (Fsp3) is 0.214. The van der Waals surface area contributed by atoms with Crippen LogP contribution in [0.4, 0.5) is 0 Å². The van der Waals surface area contributed by atoms with Gasteiger partial charge < -0.3 is 9.72 Å². The van der Waals surface area contributed by atoms with Gasteiger partial charge in [-0.15, -0.1) is 0 Å².